The van der Waals surface area contributed by atoms with Gasteiger partial charge in [-0.25, -0.2) is 0 Å². The van der Waals surface area contributed by atoms with Crippen LogP contribution in [-0.4, -0.2) is 28.1 Å². The standard InChI is InChI=1S/C9H18N4O/c1-8(2)5-13-6-9(11-12-13)7-14-4-3-10/h6,8H,3-5,7,10H2,1-2H3. The van der Waals surface area contributed by atoms with Crippen LogP contribution in [0.25, 0.3) is 0 Å². The van der Waals surface area contributed by atoms with Gasteiger partial charge in [0.2, 0.25) is 0 Å². The predicted octanol–water partition coefficient (Wildman–Crippen LogP) is 0.409. The summed E-state index contributed by atoms with van der Waals surface area (Å²) in [6.45, 7) is 6.79. The molecule has 1 aromatic rings. The Bertz CT molecular complexity index is 259. The van der Waals surface area contributed by atoms with Gasteiger partial charge in [-0.15, -0.1) is 5.10 Å². The number of rotatable bonds is 6. The predicted molar refractivity (Wildman–Crippen MR) is 53.6 cm³/mol. The fourth-order valence-electron chi connectivity index (χ4n) is 1.13. The maximum Gasteiger partial charge on any atom is 0.108 e. The maximum atomic E-state index is 5.30. The molecule has 0 spiro atoms. The van der Waals surface area contributed by atoms with Crippen LogP contribution >= 0.6 is 0 Å². The van der Waals surface area contributed by atoms with E-state index in [4.69, 9.17) is 10.5 Å². The minimum absolute atomic E-state index is 0.495. The summed E-state index contributed by atoms with van der Waals surface area (Å²) < 4.78 is 7.09. The van der Waals surface area contributed by atoms with Crippen molar-refractivity contribution in [2.24, 2.45) is 11.7 Å². The Morgan fingerprint density at radius 1 is 1.57 bits per heavy atom. The van der Waals surface area contributed by atoms with Gasteiger partial charge in [-0.3, -0.25) is 4.68 Å². The van der Waals surface area contributed by atoms with Crippen LogP contribution in [0, 0.1) is 5.92 Å². The molecule has 2 N–H and O–H groups in total. The molecule has 1 rings (SSSR count). The highest BCUT2D eigenvalue weighted by molar-refractivity contribution is 4.89. The molecule has 0 aromatic carbocycles. The fourth-order valence-corrected chi connectivity index (χ4v) is 1.13. The molecule has 1 aromatic heterocycles. The van der Waals surface area contributed by atoms with Crippen molar-refractivity contribution in [1.29, 1.82) is 0 Å². The Morgan fingerprint density at radius 2 is 2.36 bits per heavy atom. The lowest BCUT2D eigenvalue weighted by Gasteiger charge is -2.02. The Balaban J connectivity index is 2.35. The van der Waals surface area contributed by atoms with Crippen molar-refractivity contribution in [1.82, 2.24) is 15.0 Å². The van der Waals surface area contributed by atoms with E-state index in [1.165, 1.54) is 0 Å². The molecule has 0 saturated heterocycles. The van der Waals surface area contributed by atoms with E-state index in [0.29, 0.717) is 25.7 Å². The minimum atomic E-state index is 0.495. The number of hydrogen-bond donors (Lipinski definition) is 1. The largest absolute Gasteiger partial charge is 0.374 e. The second-order valence-corrected chi connectivity index (χ2v) is 3.67. The van der Waals surface area contributed by atoms with E-state index in [9.17, 15) is 0 Å². The van der Waals surface area contributed by atoms with Crippen molar-refractivity contribution < 1.29 is 4.74 Å². The molecule has 5 nitrogen and oxygen atoms in total. The number of hydrogen-bond acceptors (Lipinski definition) is 4. The van der Waals surface area contributed by atoms with E-state index in [-0.39, 0.29) is 0 Å². The molecule has 0 bridgehead atoms. The molecule has 0 fully saturated rings. The second-order valence-electron chi connectivity index (χ2n) is 3.67. The van der Waals surface area contributed by atoms with Gasteiger partial charge in [-0.1, -0.05) is 19.1 Å². The third-order valence-corrected chi connectivity index (χ3v) is 1.65. The average molecular weight is 198 g/mol. The summed E-state index contributed by atoms with van der Waals surface area (Å²) in [6.07, 6.45) is 1.91. The highest BCUT2D eigenvalue weighted by Crippen LogP contribution is 2.00. The summed E-state index contributed by atoms with van der Waals surface area (Å²) in [7, 11) is 0. The zero-order valence-electron chi connectivity index (χ0n) is 8.81. The number of nitrogens with zero attached hydrogens (tertiary/aromatic N) is 3. The number of nitrogens with two attached hydrogens (primary N) is 1. The first kappa shape index (κ1) is 11.1. The lowest BCUT2D eigenvalue weighted by molar-refractivity contribution is 0.125. The molecule has 0 amide bonds. The van der Waals surface area contributed by atoms with Crippen LogP contribution in [0.2, 0.25) is 0 Å². The van der Waals surface area contributed by atoms with E-state index in [2.05, 4.69) is 24.2 Å². The Hall–Kier alpha value is -0.940. The molecule has 0 aliphatic rings. The molecular weight excluding hydrogens is 180 g/mol. The maximum absolute atomic E-state index is 5.30. The lowest BCUT2D eigenvalue weighted by Crippen LogP contribution is -2.08. The topological polar surface area (TPSA) is 66.0 Å². The quantitative estimate of drug-likeness (QED) is 0.672. The molecule has 0 saturated carbocycles. The first-order valence-electron chi connectivity index (χ1n) is 4.89. The third-order valence-electron chi connectivity index (χ3n) is 1.65. The van der Waals surface area contributed by atoms with E-state index >= 15 is 0 Å². The summed E-state index contributed by atoms with van der Waals surface area (Å²) in [5.41, 5.74) is 6.16. The van der Waals surface area contributed by atoms with Crippen LogP contribution in [0.15, 0.2) is 6.20 Å². The van der Waals surface area contributed by atoms with Crippen molar-refractivity contribution >= 4 is 0 Å². The van der Waals surface area contributed by atoms with Gasteiger partial charge >= 0.3 is 0 Å². The van der Waals surface area contributed by atoms with Crippen molar-refractivity contribution in [2.75, 3.05) is 13.2 Å². The highest BCUT2D eigenvalue weighted by Gasteiger charge is 2.02. The molecule has 0 atom stereocenters. The molecule has 80 valence electrons. The van der Waals surface area contributed by atoms with E-state index in [1.54, 1.807) is 0 Å². The Morgan fingerprint density at radius 3 is 3.00 bits per heavy atom. The highest BCUT2D eigenvalue weighted by atomic mass is 16.5. The van der Waals surface area contributed by atoms with Crippen LogP contribution in [-0.2, 0) is 17.9 Å². The van der Waals surface area contributed by atoms with Crippen LogP contribution in [0.4, 0.5) is 0 Å². The van der Waals surface area contributed by atoms with Gasteiger partial charge < -0.3 is 10.5 Å². The molecule has 14 heavy (non-hydrogen) atoms. The minimum Gasteiger partial charge on any atom is -0.374 e. The summed E-state index contributed by atoms with van der Waals surface area (Å²) in [6, 6.07) is 0. The SMILES string of the molecule is CC(C)Cn1cc(COCCN)nn1. The van der Waals surface area contributed by atoms with E-state index in [1.807, 2.05) is 10.9 Å². The Kier molecular flexibility index (Phi) is 4.55. The molecule has 0 aliphatic heterocycles. The number of ether oxygens (including phenoxy) is 1. The monoisotopic (exact) mass is 198 g/mol. The first-order valence-corrected chi connectivity index (χ1v) is 4.89. The molecule has 0 unspecified atom stereocenters. The van der Waals surface area contributed by atoms with Gasteiger partial charge in [0.1, 0.15) is 5.69 Å². The van der Waals surface area contributed by atoms with Gasteiger partial charge in [-0.2, -0.15) is 0 Å². The van der Waals surface area contributed by atoms with Crippen molar-refractivity contribution in [2.45, 2.75) is 27.0 Å². The second kappa shape index (κ2) is 5.72. The molecular formula is C9H18N4O. The molecule has 0 aliphatic carbocycles. The van der Waals surface area contributed by atoms with Gasteiger partial charge in [-0.05, 0) is 5.92 Å². The third kappa shape index (κ3) is 3.85. The van der Waals surface area contributed by atoms with Crippen LogP contribution in [0.1, 0.15) is 19.5 Å². The van der Waals surface area contributed by atoms with Gasteiger partial charge in [0, 0.05) is 13.1 Å². The van der Waals surface area contributed by atoms with E-state index in [0.717, 1.165) is 12.2 Å². The molecule has 5 heteroatoms. The first-order chi connectivity index (χ1) is 6.72. The van der Waals surface area contributed by atoms with Crippen LogP contribution in [0.5, 0.6) is 0 Å². The van der Waals surface area contributed by atoms with Gasteiger partial charge in [0.25, 0.3) is 0 Å². The lowest BCUT2D eigenvalue weighted by atomic mass is 10.2. The molecule has 0 radical (unpaired) electrons. The zero-order valence-corrected chi connectivity index (χ0v) is 8.81. The fraction of sp³-hybridized carbons (Fsp3) is 0.778. The summed E-state index contributed by atoms with van der Waals surface area (Å²) in [5.74, 6) is 0.578. The molecule has 1 heterocycles. The van der Waals surface area contributed by atoms with Gasteiger partial charge in [0.15, 0.2) is 0 Å². The summed E-state index contributed by atoms with van der Waals surface area (Å²) in [4.78, 5) is 0. The van der Waals surface area contributed by atoms with Gasteiger partial charge in [0.05, 0.1) is 19.4 Å². The Labute approximate surface area is 84.2 Å². The summed E-state index contributed by atoms with van der Waals surface area (Å²) >= 11 is 0. The summed E-state index contributed by atoms with van der Waals surface area (Å²) in [5, 5.41) is 7.98. The van der Waals surface area contributed by atoms with Crippen molar-refractivity contribution in [3.63, 3.8) is 0 Å². The normalized spacial score (nSPS) is 11.1. The number of aromatic nitrogens is 3. The van der Waals surface area contributed by atoms with Crippen molar-refractivity contribution in [3.05, 3.63) is 11.9 Å². The van der Waals surface area contributed by atoms with E-state index < -0.39 is 0 Å². The zero-order chi connectivity index (χ0) is 10.4. The van der Waals surface area contributed by atoms with Crippen molar-refractivity contribution in [3.8, 4) is 0 Å². The van der Waals surface area contributed by atoms with Crippen LogP contribution in [0.3, 0.4) is 0 Å². The average Bonchev–Trinajstić information content (AvgIpc) is 2.52. The smallest absolute Gasteiger partial charge is 0.108 e. The van der Waals surface area contributed by atoms with Crippen LogP contribution < -0.4 is 5.73 Å².